The lowest BCUT2D eigenvalue weighted by Crippen LogP contribution is -2.57. The fourth-order valence-corrected chi connectivity index (χ4v) is 3.98. The van der Waals surface area contributed by atoms with E-state index in [9.17, 15) is 0 Å². The van der Waals surface area contributed by atoms with Crippen molar-refractivity contribution in [3.05, 3.63) is 23.2 Å². The van der Waals surface area contributed by atoms with Crippen LogP contribution in [0.3, 0.4) is 0 Å². The molecule has 1 saturated heterocycles. The largest absolute Gasteiger partial charge is 0.326 e. The number of quaternary nitrogens is 1. The van der Waals surface area contributed by atoms with E-state index in [1.165, 1.54) is 0 Å². The Hall–Kier alpha value is -1.28. The third-order valence-corrected chi connectivity index (χ3v) is 5.72. The van der Waals surface area contributed by atoms with Crippen LogP contribution >= 0.6 is 23.6 Å². The van der Waals surface area contributed by atoms with Crippen molar-refractivity contribution in [2.75, 3.05) is 38.5 Å². The Morgan fingerprint density at radius 1 is 1.33 bits per heavy atom. The summed E-state index contributed by atoms with van der Waals surface area (Å²) in [5, 5.41) is 8.10. The van der Waals surface area contributed by atoms with E-state index in [0.29, 0.717) is 9.82 Å². The number of rotatable bonds is 2. The summed E-state index contributed by atoms with van der Waals surface area (Å²) in [6.07, 6.45) is 0. The van der Waals surface area contributed by atoms with Crippen molar-refractivity contribution in [1.29, 1.82) is 0 Å². The summed E-state index contributed by atoms with van der Waals surface area (Å²) in [4.78, 5) is 10.7. The number of hydrogen-bond acceptors (Lipinski definition) is 5. The van der Waals surface area contributed by atoms with Crippen LogP contribution in [-0.2, 0) is 10.3 Å². The van der Waals surface area contributed by atoms with E-state index in [1.807, 2.05) is 12.1 Å². The fraction of sp³-hybridized carbons (Fsp3) is 0.529. The van der Waals surface area contributed by atoms with Gasteiger partial charge in [-0.2, -0.15) is 0 Å². The molecule has 1 aromatic carbocycles. The van der Waals surface area contributed by atoms with Gasteiger partial charge in [0.2, 0.25) is 0 Å². The Morgan fingerprint density at radius 3 is 2.71 bits per heavy atom. The van der Waals surface area contributed by atoms with Gasteiger partial charge in [-0.3, -0.25) is 4.84 Å². The molecule has 1 fully saturated rings. The number of thiazole rings is 1. The number of thiocarbonyl (C=S) groups is 1. The number of fused-ring (bicyclic) bond motifs is 1. The summed E-state index contributed by atoms with van der Waals surface area (Å²) in [6.45, 7) is 10.3. The lowest BCUT2D eigenvalue weighted by molar-refractivity contribution is -1.07. The van der Waals surface area contributed by atoms with Crippen molar-refractivity contribution in [1.82, 2.24) is 10.3 Å². The van der Waals surface area contributed by atoms with E-state index in [4.69, 9.17) is 22.0 Å². The molecule has 1 aliphatic heterocycles. The second kappa shape index (κ2) is 6.55. The minimum atomic E-state index is 0.0663. The second-order valence-corrected chi connectivity index (χ2v) is 8.85. The normalized spacial score (nSPS) is 17.7. The molecule has 0 saturated carbocycles. The van der Waals surface area contributed by atoms with Gasteiger partial charge in [0.1, 0.15) is 20.1 Å². The Balaban J connectivity index is 1.71. The van der Waals surface area contributed by atoms with Crippen molar-refractivity contribution >= 4 is 44.6 Å². The zero-order valence-electron chi connectivity index (χ0n) is 14.7. The molecule has 0 bridgehead atoms. The maximum atomic E-state index is 5.96. The maximum Gasteiger partial charge on any atom is 0.326 e. The third kappa shape index (κ3) is 4.03. The zero-order chi connectivity index (χ0) is 17.4. The van der Waals surface area contributed by atoms with Crippen LogP contribution in [0.2, 0.25) is 0 Å². The van der Waals surface area contributed by atoms with Crippen LogP contribution in [0, 0.1) is 0 Å². The monoisotopic (exact) mass is 365 g/mol. The molecule has 2 N–H and O–H groups in total. The van der Waals surface area contributed by atoms with Gasteiger partial charge < -0.3 is 10.6 Å². The molecule has 0 aliphatic carbocycles. The molecule has 2 heterocycles. The van der Waals surface area contributed by atoms with Gasteiger partial charge in [-0.05, 0) is 30.4 Å². The summed E-state index contributed by atoms with van der Waals surface area (Å²) in [7, 11) is 2.07. The van der Waals surface area contributed by atoms with Crippen LogP contribution in [0.4, 0.5) is 5.69 Å². The molecule has 0 spiro atoms. The van der Waals surface area contributed by atoms with Crippen LogP contribution in [0.25, 0.3) is 10.2 Å². The van der Waals surface area contributed by atoms with E-state index in [-0.39, 0.29) is 5.41 Å². The lowest BCUT2D eigenvalue weighted by atomic mass is 9.98. The van der Waals surface area contributed by atoms with Gasteiger partial charge >= 0.3 is 5.17 Å². The molecule has 24 heavy (non-hydrogen) atoms. The molecule has 130 valence electrons. The summed E-state index contributed by atoms with van der Waals surface area (Å²) in [5.41, 5.74) is 2.04. The Bertz CT molecular complexity index is 745. The van der Waals surface area contributed by atoms with Gasteiger partial charge in [-0.25, -0.2) is 4.98 Å². The van der Waals surface area contributed by atoms with Gasteiger partial charge in [0.15, 0.2) is 0 Å². The number of nitrogens with one attached hydrogen (secondary N) is 2. The molecule has 3 rings (SSSR count). The molecule has 2 aromatic rings. The van der Waals surface area contributed by atoms with E-state index >= 15 is 0 Å². The lowest BCUT2D eigenvalue weighted by Gasteiger charge is -2.34. The molecular formula is C17H25N4OS2+. The number of hydrogen-bond donors (Lipinski definition) is 2. The number of hydroxylamine groups is 3. The van der Waals surface area contributed by atoms with Gasteiger partial charge in [0.05, 0.1) is 15.2 Å². The highest BCUT2D eigenvalue weighted by molar-refractivity contribution is 7.80. The first-order valence-corrected chi connectivity index (χ1v) is 9.45. The first-order valence-electron chi connectivity index (χ1n) is 8.22. The Labute approximate surface area is 152 Å². The van der Waals surface area contributed by atoms with Gasteiger partial charge in [0.25, 0.3) is 0 Å². The Kier molecular flexibility index (Phi) is 4.79. The predicted octanol–water partition coefficient (Wildman–Crippen LogP) is 3.27. The predicted molar refractivity (Wildman–Crippen MR) is 104 cm³/mol. The molecule has 0 unspecified atom stereocenters. The van der Waals surface area contributed by atoms with Crippen LogP contribution in [0.5, 0.6) is 0 Å². The summed E-state index contributed by atoms with van der Waals surface area (Å²) >= 11 is 7.13. The van der Waals surface area contributed by atoms with E-state index in [1.54, 1.807) is 11.3 Å². The van der Waals surface area contributed by atoms with Crippen molar-refractivity contribution in [3.63, 3.8) is 0 Å². The molecule has 5 nitrogen and oxygen atoms in total. The first-order chi connectivity index (χ1) is 11.3. The van der Waals surface area contributed by atoms with Crippen molar-refractivity contribution < 1.29 is 9.48 Å². The molecule has 7 heteroatoms. The molecular weight excluding hydrogens is 340 g/mol. The molecule has 0 atom stereocenters. The number of likely N-dealkylation sites (N-methyl/N-ethyl adjacent to an activating group) is 1. The van der Waals surface area contributed by atoms with Gasteiger partial charge in [-0.1, -0.05) is 20.8 Å². The topological polar surface area (TPSA) is 46.2 Å². The quantitative estimate of drug-likeness (QED) is 0.632. The van der Waals surface area contributed by atoms with Crippen molar-refractivity contribution in [2.24, 2.45) is 0 Å². The summed E-state index contributed by atoms with van der Waals surface area (Å²) in [5.74, 6) is 0. The third-order valence-electron chi connectivity index (χ3n) is 4.10. The second-order valence-electron chi connectivity index (χ2n) is 7.45. The molecule has 1 aliphatic rings. The number of piperazine rings is 1. The van der Waals surface area contributed by atoms with Crippen LogP contribution < -0.4 is 10.6 Å². The smallest absolute Gasteiger partial charge is 0.311 e. The highest BCUT2D eigenvalue weighted by Crippen LogP contribution is 2.32. The standard InChI is InChI=1S/C17H24N4OS2/c1-17(2,3)15-20-13-6-5-12(11-14(13)24-15)19-16(23)22-21(4)9-7-18-8-10-21/h5-6,11,18H,7-10H2,1-4H3/p+1. The zero-order valence-corrected chi connectivity index (χ0v) is 16.3. The van der Waals surface area contributed by atoms with Crippen LogP contribution in [0.1, 0.15) is 25.8 Å². The minimum Gasteiger partial charge on any atom is -0.311 e. The molecule has 0 radical (unpaired) electrons. The van der Waals surface area contributed by atoms with Gasteiger partial charge in [0, 0.05) is 24.2 Å². The number of aromatic nitrogens is 1. The average Bonchev–Trinajstić information content (AvgIpc) is 2.90. The number of anilines is 1. The minimum absolute atomic E-state index is 0.0663. The fourth-order valence-electron chi connectivity index (χ4n) is 2.62. The van der Waals surface area contributed by atoms with Gasteiger partial charge in [-0.15, -0.1) is 16.0 Å². The van der Waals surface area contributed by atoms with Crippen LogP contribution in [-0.4, -0.2) is 48.0 Å². The number of benzene rings is 1. The van der Waals surface area contributed by atoms with E-state index < -0.39 is 0 Å². The van der Waals surface area contributed by atoms with Crippen molar-refractivity contribution in [3.8, 4) is 0 Å². The Morgan fingerprint density at radius 2 is 2.04 bits per heavy atom. The van der Waals surface area contributed by atoms with Crippen LogP contribution in [0.15, 0.2) is 18.2 Å². The summed E-state index contributed by atoms with van der Waals surface area (Å²) in [6, 6.07) is 6.13. The number of nitrogens with zero attached hydrogens (tertiary/aromatic N) is 2. The SMILES string of the molecule is CC(C)(C)c1nc2ccc(NC(=S)O[N+]3(C)CCNCC3)cc2s1. The van der Waals surface area contributed by atoms with E-state index in [2.05, 4.69) is 44.5 Å². The maximum absolute atomic E-state index is 5.96. The highest BCUT2D eigenvalue weighted by Gasteiger charge is 2.29. The average molecular weight is 366 g/mol. The summed E-state index contributed by atoms with van der Waals surface area (Å²) < 4.78 is 1.67. The van der Waals surface area contributed by atoms with Crippen molar-refractivity contribution in [2.45, 2.75) is 26.2 Å². The highest BCUT2D eigenvalue weighted by atomic mass is 32.1. The molecule has 1 aromatic heterocycles. The molecule has 0 amide bonds. The van der Waals surface area contributed by atoms with E-state index in [0.717, 1.165) is 47.1 Å². The first kappa shape index (κ1) is 17.5.